The van der Waals surface area contributed by atoms with Gasteiger partial charge in [0.1, 0.15) is 6.04 Å². The van der Waals surface area contributed by atoms with E-state index in [1.807, 2.05) is 24.3 Å². The number of fused-ring (bicyclic) bond motifs is 1. The van der Waals surface area contributed by atoms with Gasteiger partial charge in [0.25, 0.3) is 0 Å². The molecule has 1 aromatic rings. The van der Waals surface area contributed by atoms with Crippen LogP contribution in [0.4, 0.5) is 0 Å². The zero-order valence-electron chi connectivity index (χ0n) is 10.4. The molecule has 5 nitrogen and oxygen atoms in total. The molecule has 0 spiro atoms. The fraction of sp³-hybridized carbons (Fsp3) is 0.429. The molecule has 1 aromatic carbocycles. The number of carbonyl (C=O) groups excluding carboxylic acids is 2. The summed E-state index contributed by atoms with van der Waals surface area (Å²) >= 11 is 0. The SMILES string of the molecule is O=C1CC[C@H](C(=O)N[C@H]2c3ccccc3C[C@H]2O)N1. The van der Waals surface area contributed by atoms with E-state index < -0.39 is 12.1 Å². The molecule has 1 fully saturated rings. The minimum Gasteiger partial charge on any atom is -0.390 e. The molecule has 100 valence electrons. The molecule has 0 radical (unpaired) electrons. The summed E-state index contributed by atoms with van der Waals surface area (Å²) in [4.78, 5) is 23.2. The van der Waals surface area contributed by atoms with E-state index in [9.17, 15) is 14.7 Å². The van der Waals surface area contributed by atoms with Gasteiger partial charge in [-0.2, -0.15) is 0 Å². The largest absolute Gasteiger partial charge is 0.390 e. The predicted molar refractivity (Wildman–Crippen MR) is 68.2 cm³/mol. The van der Waals surface area contributed by atoms with Crippen LogP contribution in [0.2, 0.25) is 0 Å². The summed E-state index contributed by atoms with van der Waals surface area (Å²) in [5, 5.41) is 15.5. The quantitative estimate of drug-likeness (QED) is 0.702. The van der Waals surface area contributed by atoms with E-state index in [1.54, 1.807) is 0 Å². The monoisotopic (exact) mass is 260 g/mol. The van der Waals surface area contributed by atoms with Crippen LogP contribution in [0.1, 0.15) is 30.0 Å². The van der Waals surface area contributed by atoms with Gasteiger partial charge in [-0.3, -0.25) is 9.59 Å². The minimum atomic E-state index is -0.599. The van der Waals surface area contributed by atoms with E-state index in [4.69, 9.17) is 0 Å². The maximum absolute atomic E-state index is 12.1. The van der Waals surface area contributed by atoms with E-state index in [0.29, 0.717) is 19.3 Å². The van der Waals surface area contributed by atoms with Crippen molar-refractivity contribution in [3.8, 4) is 0 Å². The third-order valence-electron chi connectivity index (χ3n) is 3.81. The molecule has 1 saturated heterocycles. The molecule has 0 aromatic heterocycles. The molecular formula is C14H16N2O3. The van der Waals surface area contributed by atoms with Crippen LogP contribution in [0.25, 0.3) is 0 Å². The Balaban J connectivity index is 1.73. The number of benzene rings is 1. The maximum atomic E-state index is 12.1. The summed E-state index contributed by atoms with van der Waals surface area (Å²) in [6.07, 6.45) is 0.869. The van der Waals surface area contributed by atoms with Crippen LogP contribution in [-0.2, 0) is 16.0 Å². The molecule has 0 unspecified atom stereocenters. The molecule has 3 atom stereocenters. The first kappa shape index (κ1) is 12.2. The Morgan fingerprint density at radius 2 is 2.16 bits per heavy atom. The standard InChI is InChI=1S/C14H16N2O3/c17-11-7-8-3-1-2-4-9(8)13(11)16-14(19)10-5-6-12(18)15-10/h1-4,10-11,13,17H,5-7H2,(H,15,18)(H,16,19)/t10-,11-,13+/m1/s1. The molecule has 2 aliphatic rings. The van der Waals surface area contributed by atoms with E-state index in [0.717, 1.165) is 11.1 Å². The number of hydrogen-bond donors (Lipinski definition) is 3. The van der Waals surface area contributed by atoms with Crippen molar-refractivity contribution in [1.82, 2.24) is 10.6 Å². The van der Waals surface area contributed by atoms with Gasteiger partial charge in [-0.05, 0) is 17.5 Å². The highest BCUT2D eigenvalue weighted by Gasteiger charge is 2.35. The second-order valence-corrected chi connectivity index (χ2v) is 5.12. The average Bonchev–Trinajstić information content (AvgIpc) is 2.95. The van der Waals surface area contributed by atoms with Crippen molar-refractivity contribution >= 4 is 11.8 Å². The number of aliphatic hydroxyl groups is 1. The summed E-state index contributed by atoms with van der Waals surface area (Å²) in [5.41, 5.74) is 2.03. The van der Waals surface area contributed by atoms with Crippen LogP contribution in [0.5, 0.6) is 0 Å². The van der Waals surface area contributed by atoms with Gasteiger partial charge >= 0.3 is 0 Å². The summed E-state index contributed by atoms with van der Waals surface area (Å²) in [6.45, 7) is 0. The van der Waals surface area contributed by atoms with Gasteiger partial charge in [-0.15, -0.1) is 0 Å². The predicted octanol–water partition coefficient (Wildman–Crippen LogP) is 0.0395. The molecule has 3 N–H and O–H groups in total. The van der Waals surface area contributed by atoms with Crippen LogP contribution >= 0.6 is 0 Å². The van der Waals surface area contributed by atoms with E-state index in [1.165, 1.54) is 0 Å². The minimum absolute atomic E-state index is 0.0903. The van der Waals surface area contributed by atoms with Crippen molar-refractivity contribution in [2.24, 2.45) is 0 Å². The normalized spacial score (nSPS) is 28.9. The van der Waals surface area contributed by atoms with Crippen molar-refractivity contribution in [3.05, 3.63) is 35.4 Å². The Bertz CT molecular complexity index is 529. The molecule has 2 amide bonds. The van der Waals surface area contributed by atoms with Gasteiger partial charge in [0.05, 0.1) is 12.1 Å². The summed E-state index contributed by atoms with van der Waals surface area (Å²) in [5.74, 6) is -0.306. The number of hydrogen-bond acceptors (Lipinski definition) is 3. The third kappa shape index (κ3) is 2.21. The number of nitrogens with one attached hydrogen (secondary N) is 2. The molecular weight excluding hydrogens is 244 g/mol. The first-order valence-electron chi connectivity index (χ1n) is 6.51. The van der Waals surface area contributed by atoms with Crippen molar-refractivity contribution in [1.29, 1.82) is 0 Å². The Kier molecular flexibility index (Phi) is 2.98. The van der Waals surface area contributed by atoms with Crippen LogP contribution in [-0.4, -0.2) is 29.1 Å². The Hall–Kier alpha value is -1.88. The third-order valence-corrected chi connectivity index (χ3v) is 3.81. The second kappa shape index (κ2) is 4.66. The Morgan fingerprint density at radius 1 is 1.37 bits per heavy atom. The Labute approximate surface area is 111 Å². The topological polar surface area (TPSA) is 78.4 Å². The fourth-order valence-corrected chi connectivity index (χ4v) is 2.81. The van der Waals surface area contributed by atoms with Gasteiger partial charge in [0, 0.05) is 12.8 Å². The second-order valence-electron chi connectivity index (χ2n) is 5.12. The van der Waals surface area contributed by atoms with Gasteiger partial charge in [-0.25, -0.2) is 0 Å². The van der Waals surface area contributed by atoms with E-state index in [2.05, 4.69) is 10.6 Å². The summed E-state index contributed by atoms with van der Waals surface area (Å²) in [7, 11) is 0. The number of carbonyl (C=O) groups is 2. The van der Waals surface area contributed by atoms with Crippen molar-refractivity contribution in [2.75, 3.05) is 0 Å². The van der Waals surface area contributed by atoms with E-state index >= 15 is 0 Å². The lowest BCUT2D eigenvalue weighted by atomic mass is 10.1. The van der Waals surface area contributed by atoms with Gasteiger partial charge in [0.2, 0.25) is 11.8 Å². The Morgan fingerprint density at radius 3 is 2.89 bits per heavy atom. The molecule has 19 heavy (non-hydrogen) atoms. The van der Waals surface area contributed by atoms with E-state index in [-0.39, 0.29) is 17.9 Å². The van der Waals surface area contributed by atoms with Gasteiger partial charge in [0.15, 0.2) is 0 Å². The molecule has 5 heteroatoms. The molecule has 1 aliphatic carbocycles. The smallest absolute Gasteiger partial charge is 0.243 e. The molecule has 0 bridgehead atoms. The van der Waals surface area contributed by atoms with Crippen molar-refractivity contribution < 1.29 is 14.7 Å². The molecule has 1 aliphatic heterocycles. The summed E-state index contributed by atoms with van der Waals surface area (Å²) < 4.78 is 0. The van der Waals surface area contributed by atoms with Gasteiger partial charge < -0.3 is 15.7 Å². The zero-order chi connectivity index (χ0) is 13.4. The highest BCUT2D eigenvalue weighted by molar-refractivity contribution is 5.91. The van der Waals surface area contributed by atoms with Crippen LogP contribution in [0, 0.1) is 0 Å². The van der Waals surface area contributed by atoms with Crippen LogP contribution in [0.3, 0.4) is 0 Å². The zero-order valence-corrected chi connectivity index (χ0v) is 10.4. The molecule has 3 rings (SSSR count). The highest BCUT2D eigenvalue weighted by atomic mass is 16.3. The molecule has 0 saturated carbocycles. The first-order chi connectivity index (χ1) is 9.15. The van der Waals surface area contributed by atoms with Crippen molar-refractivity contribution in [3.63, 3.8) is 0 Å². The number of aliphatic hydroxyl groups excluding tert-OH is 1. The van der Waals surface area contributed by atoms with Crippen LogP contribution < -0.4 is 10.6 Å². The summed E-state index contributed by atoms with van der Waals surface area (Å²) in [6, 6.07) is 6.86. The lowest BCUT2D eigenvalue weighted by Gasteiger charge is -2.20. The van der Waals surface area contributed by atoms with Gasteiger partial charge in [-0.1, -0.05) is 24.3 Å². The van der Waals surface area contributed by atoms with Crippen LogP contribution in [0.15, 0.2) is 24.3 Å². The maximum Gasteiger partial charge on any atom is 0.243 e. The number of rotatable bonds is 2. The number of amides is 2. The van der Waals surface area contributed by atoms with Crippen molar-refractivity contribution in [2.45, 2.75) is 37.5 Å². The average molecular weight is 260 g/mol. The lowest BCUT2D eigenvalue weighted by Crippen LogP contribution is -2.44. The first-order valence-corrected chi connectivity index (χ1v) is 6.51. The highest BCUT2D eigenvalue weighted by Crippen LogP contribution is 2.31. The molecule has 1 heterocycles. The fourth-order valence-electron chi connectivity index (χ4n) is 2.81. The lowest BCUT2D eigenvalue weighted by molar-refractivity contribution is -0.126.